The van der Waals surface area contributed by atoms with E-state index in [0.29, 0.717) is 6.54 Å². The van der Waals surface area contributed by atoms with E-state index >= 15 is 0 Å². The Morgan fingerprint density at radius 2 is 2.00 bits per heavy atom. The number of nitrogen functional groups attached to an aromatic ring is 1. The van der Waals surface area contributed by atoms with Gasteiger partial charge in [-0.2, -0.15) is 0 Å². The van der Waals surface area contributed by atoms with Crippen LogP contribution >= 0.6 is 11.3 Å². The van der Waals surface area contributed by atoms with Crippen molar-refractivity contribution in [3.8, 4) is 0 Å². The Morgan fingerprint density at radius 1 is 1.30 bits per heavy atom. The zero-order valence-electron chi connectivity index (χ0n) is 12.1. The lowest BCUT2D eigenvalue weighted by atomic mass is 10.1. The SMILES string of the molecule is Cc1ccsc1C(=O)N(Cc1ccccc1N)C(C)C. The maximum absolute atomic E-state index is 12.7. The first kappa shape index (κ1) is 14.6. The number of nitrogens with two attached hydrogens (primary N) is 1. The van der Waals surface area contributed by atoms with Crippen LogP contribution in [0, 0.1) is 6.92 Å². The summed E-state index contributed by atoms with van der Waals surface area (Å²) in [5.74, 6) is 0.0794. The summed E-state index contributed by atoms with van der Waals surface area (Å²) < 4.78 is 0. The minimum Gasteiger partial charge on any atom is -0.398 e. The zero-order chi connectivity index (χ0) is 14.7. The van der Waals surface area contributed by atoms with Gasteiger partial charge in [-0.15, -0.1) is 11.3 Å². The molecule has 0 atom stereocenters. The third-order valence-corrected chi connectivity index (χ3v) is 4.34. The highest BCUT2D eigenvalue weighted by Crippen LogP contribution is 2.22. The molecule has 0 aliphatic heterocycles. The monoisotopic (exact) mass is 288 g/mol. The number of nitrogens with zero attached hydrogens (tertiary/aromatic N) is 1. The number of thiophene rings is 1. The lowest BCUT2D eigenvalue weighted by molar-refractivity contribution is 0.0695. The predicted molar refractivity (Wildman–Crippen MR) is 84.9 cm³/mol. The number of carbonyl (C=O) groups excluding carboxylic acids is 1. The van der Waals surface area contributed by atoms with Gasteiger partial charge in [0, 0.05) is 18.3 Å². The van der Waals surface area contributed by atoms with Crippen molar-refractivity contribution in [2.75, 3.05) is 5.73 Å². The minimum atomic E-state index is 0.0794. The predicted octanol–water partition coefficient (Wildman–Crippen LogP) is 3.69. The molecule has 3 nitrogen and oxygen atoms in total. The smallest absolute Gasteiger partial charge is 0.264 e. The van der Waals surface area contributed by atoms with Crippen LogP contribution in [0.15, 0.2) is 35.7 Å². The summed E-state index contributed by atoms with van der Waals surface area (Å²) in [5, 5.41) is 1.96. The molecule has 0 bridgehead atoms. The van der Waals surface area contributed by atoms with E-state index in [-0.39, 0.29) is 11.9 Å². The van der Waals surface area contributed by atoms with Crippen molar-refractivity contribution in [3.05, 3.63) is 51.7 Å². The van der Waals surface area contributed by atoms with E-state index in [1.165, 1.54) is 11.3 Å². The summed E-state index contributed by atoms with van der Waals surface area (Å²) in [6.07, 6.45) is 0. The van der Waals surface area contributed by atoms with Crippen LogP contribution in [0.4, 0.5) is 5.69 Å². The maximum atomic E-state index is 12.7. The second-order valence-electron chi connectivity index (χ2n) is 5.16. The van der Waals surface area contributed by atoms with Crippen LogP contribution in [0.1, 0.15) is 34.6 Å². The van der Waals surface area contributed by atoms with E-state index in [1.807, 2.05) is 61.4 Å². The number of para-hydroxylation sites is 1. The molecule has 0 radical (unpaired) electrons. The van der Waals surface area contributed by atoms with Crippen molar-refractivity contribution in [2.24, 2.45) is 0 Å². The Bertz CT molecular complexity index is 604. The quantitative estimate of drug-likeness (QED) is 0.872. The van der Waals surface area contributed by atoms with Crippen molar-refractivity contribution in [3.63, 3.8) is 0 Å². The molecule has 0 fully saturated rings. The van der Waals surface area contributed by atoms with Gasteiger partial charge in [-0.05, 0) is 49.4 Å². The molecule has 20 heavy (non-hydrogen) atoms. The van der Waals surface area contributed by atoms with Crippen molar-refractivity contribution in [1.29, 1.82) is 0 Å². The van der Waals surface area contributed by atoms with Crippen LogP contribution in [-0.4, -0.2) is 16.8 Å². The molecule has 1 aromatic carbocycles. The van der Waals surface area contributed by atoms with E-state index in [9.17, 15) is 4.79 Å². The van der Waals surface area contributed by atoms with Crippen LogP contribution < -0.4 is 5.73 Å². The molecular weight excluding hydrogens is 268 g/mol. The average Bonchev–Trinajstić information content (AvgIpc) is 2.83. The molecule has 0 saturated heterocycles. The number of carbonyl (C=O) groups is 1. The Kier molecular flexibility index (Phi) is 4.45. The zero-order valence-corrected chi connectivity index (χ0v) is 12.9. The first-order chi connectivity index (χ1) is 9.50. The van der Waals surface area contributed by atoms with Crippen LogP contribution in [0.2, 0.25) is 0 Å². The molecule has 2 N–H and O–H groups in total. The number of benzene rings is 1. The number of amides is 1. The first-order valence-corrected chi connectivity index (χ1v) is 7.57. The lowest BCUT2D eigenvalue weighted by Crippen LogP contribution is -2.36. The van der Waals surface area contributed by atoms with Gasteiger partial charge in [-0.3, -0.25) is 4.79 Å². The summed E-state index contributed by atoms with van der Waals surface area (Å²) in [5.41, 5.74) is 8.74. The fourth-order valence-corrected chi connectivity index (χ4v) is 2.95. The van der Waals surface area contributed by atoms with E-state index in [4.69, 9.17) is 5.73 Å². The van der Waals surface area contributed by atoms with E-state index in [2.05, 4.69) is 0 Å². The summed E-state index contributed by atoms with van der Waals surface area (Å²) in [6.45, 7) is 6.57. The Labute approximate surface area is 124 Å². The molecule has 1 amide bonds. The highest BCUT2D eigenvalue weighted by Gasteiger charge is 2.22. The topological polar surface area (TPSA) is 46.3 Å². The highest BCUT2D eigenvalue weighted by molar-refractivity contribution is 7.12. The second-order valence-corrected chi connectivity index (χ2v) is 6.07. The molecule has 0 aliphatic rings. The number of hydrogen-bond acceptors (Lipinski definition) is 3. The van der Waals surface area contributed by atoms with Crippen LogP contribution in [0.25, 0.3) is 0 Å². The second kappa shape index (κ2) is 6.09. The fraction of sp³-hybridized carbons (Fsp3) is 0.312. The molecule has 1 heterocycles. The third-order valence-electron chi connectivity index (χ3n) is 3.34. The molecule has 2 rings (SSSR count). The molecule has 4 heteroatoms. The maximum Gasteiger partial charge on any atom is 0.264 e. The molecule has 0 aliphatic carbocycles. The number of anilines is 1. The highest BCUT2D eigenvalue weighted by atomic mass is 32.1. The molecule has 0 saturated carbocycles. The molecular formula is C16H20N2OS. The van der Waals surface area contributed by atoms with E-state index in [0.717, 1.165) is 21.7 Å². The standard InChI is InChI=1S/C16H20N2OS/c1-11(2)18(10-13-6-4-5-7-14(13)17)16(19)15-12(3)8-9-20-15/h4-9,11H,10,17H2,1-3H3. The minimum absolute atomic E-state index is 0.0794. The van der Waals surface area contributed by atoms with Gasteiger partial charge in [-0.25, -0.2) is 0 Å². The Balaban J connectivity index is 2.27. The van der Waals surface area contributed by atoms with Crippen molar-refractivity contribution in [2.45, 2.75) is 33.4 Å². The summed E-state index contributed by atoms with van der Waals surface area (Å²) in [7, 11) is 0. The Morgan fingerprint density at radius 3 is 2.55 bits per heavy atom. The Hall–Kier alpha value is -1.81. The number of hydrogen-bond donors (Lipinski definition) is 1. The number of rotatable bonds is 4. The normalized spacial score (nSPS) is 10.8. The summed E-state index contributed by atoms with van der Waals surface area (Å²) in [4.78, 5) is 15.4. The van der Waals surface area contributed by atoms with Crippen LogP contribution in [0.5, 0.6) is 0 Å². The molecule has 0 unspecified atom stereocenters. The van der Waals surface area contributed by atoms with Gasteiger partial charge in [0.2, 0.25) is 0 Å². The van der Waals surface area contributed by atoms with Crippen molar-refractivity contribution >= 4 is 22.9 Å². The number of aryl methyl sites for hydroxylation is 1. The van der Waals surface area contributed by atoms with Gasteiger partial charge in [0.1, 0.15) is 0 Å². The van der Waals surface area contributed by atoms with Crippen LogP contribution in [0.3, 0.4) is 0 Å². The van der Waals surface area contributed by atoms with Crippen molar-refractivity contribution in [1.82, 2.24) is 4.90 Å². The van der Waals surface area contributed by atoms with Gasteiger partial charge in [-0.1, -0.05) is 18.2 Å². The summed E-state index contributed by atoms with van der Waals surface area (Å²) in [6, 6.07) is 9.81. The van der Waals surface area contributed by atoms with Gasteiger partial charge in [0.15, 0.2) is 0 Å². The molecule has 0 spiro atoms. The fourth-order valence-electron chi connectivity index (χ4n) is 2.07. The van der Waals surface area contributed by atoms with Crippen LogP contribution in [-0.2, 0) is 6.54 Å². The molecule has 1 aromatic heterocycles. The third kappa shape index (κ3) is 3.02. The van der Waals surface area contributed by atoms with Gasteiger partial charge < -0.3 is 10.6 Å². The van der Waals surface area contributed by atoms with Gasteiger partial charge >= 0.3 is 0 Å². The van der Waals surface area contributed by atoms with Gasteiger partial charge in [0.25, 0.3) is 5.91 Å². The lowest BCUT2D eigenvalue weighted by Gasteiger charge is -2.27. The largest absolute Gasteiger partial charge is 0.398 e. The molecule has 2 aromatic rings. The van der Waals surface area contributed by atoms with Crippen molar-refractivity contribution < 1.29 is 4.79 Å². The van der Waals surface area contributed by atoms with E-state index < -0.39 is 0 Å². The molecule has 106 valence electrons. The first-order valence-electron chi connectivity index (χ1n) is 6.69. The summed E-state index contributed by atoms with van der Waals surface area (Å²) >= 11 is 1.50. The van der Waals surface area contributed by atoms with E-state index in [1.54, 1.807) is 0 Å². The average molecular weight is 288 g/mol. The van der Waals surface area contributed by atoms with Gasteiger partial charge in [0.05, 0.1) is 4.88 Å².